The number of halogens is 5. The Morgan fingerprint density at radius 3 is 2.67 bits per heavy atom. The molecule has 0 fully saturated rings. The highest BCUT2D eigenvalue weighted by Gasteiger charge is 2.27. The molecule has 2 rings (SSSR count). The summed E-state index contributed by atoms with van der Waals surface area (Å²) in [5, 5.41) is 4.32. The summed E-state index contributed by atoms with van der Waals surface area (Å²) in [5.74, 6) is -4.06. The van der Waals surface area contributed by atoms with Gasteiger partial charge in [0.1, 0.15) is 10.8 Å². The van der Waals surface area contributed by atoms with Gasteiger partial charge < -0.3 is 11.1 Å². The quantitative estimate of drug-likeness (QED) is 0.781. The van der Waals surface area contributed by atoms with Gasteiger partial charge in [0.25, 0.3) is 5.92 Å². The number of alkyl halides is 2. The maximum absolute atomic E-state index is 13.1. The Balaban J connectivity index is 0.00000264. The molecular weight excluding hydrogens is 386 g/mol. The van der Waals surface area contributed by atoms with Crippen molar-refractivity contribution >= 4 is 42.1 Å². The Kier molecular flexibility index (Phi) is 9.27. The molecule has 0 radical (unpaired) electrons. The van der Waals surface area contributed by atoms with Gasteiger partial charge in [-0.25, -0.2) is 18.2 Å². The average Bonchev–Trinajstić information content (AvgIpc) is 2.94. The monoisotopic (exact) mass is 401 g/mol. The smallest absolute Gasteiger partial charge is 0.277 e. The van der Waals surface area contributed by atoms with E-state index in [0.717, 1.165) is 0 Å². The molecule has 4 nitrogen and oxygen atoms in total. The molecule has 0 bridgehead atoms. The zero-order chi connectivity index (χ0) is 16.2. The zero-order valence-corrected chi connectivity index (χ0v) is 14.7. The topological polar surface area (TPSA) is 68.0 Å². The molecule has 2 aromatic rings. The van der Waals surface area contributed by atoms with Crippen LogP contribution in [0.15, 0.2) is 29.6 Å². The first-order valence-corrected chi connectivity index (χ1v) is 7.32. The van der Waals surface area contributed by atoms with Crippen molar-refractivity contribution in [3.63, 3.8) is 0 Å². The molecule has 0 saturated carbocycles. The summed E-state index contributed by atoms with van der Waals surface area (Å²) >= 11 is 1.26. The largest absolute Gasteiger partial charge is 0.350 e. The number of thiazole rings is 1. The van der Waals surface area contributed by atoms with Gasteiger partial charge in [-0.2, -0.15) is 0 Å². The van der Waals surface area contributed by atoms with E-state index in [4.69, 9.17) is 5.73 Å². The van der Waals surface area contributed by atoms with Crippen molar-refractivity contribution in [2.45, 2.75) is 12.3 Å². The molecule has 0 atom stereocenters. The van der Waals surface area contributed by atoms with Crippen molar-refractivity contribution in [1.29, 1.82) is 0 Å². The number of hydrogen-bond donors (Lipinski definition) is 2. The molecular formula is C14H16Cl2F3N3OS. The Labute approximate surface area is 153 Å². The minimum Gasteiger partial charge on any atom is -0.350 e. The predicted octanol–water partition coefficient (Wildman–Crippen LogP) is 3.05. The molecule has 1 aromatic heterocycles. The second-order valence-corrected chi connectivity index (χ2v) is 5.53. The third-order valence-electron chi connectivity index (χ3n) is 2.81. The SMILES string of the molecule is Cl.Cl.NCC(F)(F)CNC(=O)Cc1csc(-c2cccc(F)c2)n1. The number of carbonyl (C=O) groups is 1. The van der Waals surface area contributed by atoms with E-state index in [1.54, 1.807) is 17.5 Å². The molecule has 134 valence electrons. The van der Waals surface area contributed by atoms with Crippen molar-refractivity contribution in [2.24, 2.45) is 5.73 Å². The molecule has 0 unspecified atom stereocenters. The summed E-state index contributed by atoms with van der Waals surface area (Å²) < 4.78 is 39.0. The molecule has 0 spiro atoms. The van der Waals surface area contributed by atoms with Crippen LogP contribution < -0.4 is 11.1 Å². The predicted molar refractivity (Wildman–Crippen MR) is 92.7 cm³/mol. The Morgan fingerprint density at radius 2 is 2.04 bits per heavy atom. The van der Waals surface area contributed by atoms with Crippen molar-refractivity contribution in [3.05, 3.63) is 41.2 Å². The second kappa shape index (κ2) is 9.83. The van der Waals surface area contributed by atoms with Crippen LogP contribution in [0.25, 0.3) is 10.6 Å². The third kappa shape index (κ3) is 6.64. The van der Waals surface area contributed by atoms with Gasteiger partial charge in [0.15, 0.2) is 0 Å². The lowest BCUT2D eigenvalue weighted by molar-refractivity contribution is -0.122. The molecule has 1 amide bonds. The minimum atomic E-state index is -3.12. The molecule has 10 heteroatoms. The lowest BCUT2D eigenvalue weighted by Gasteiger charge is -2.14. The van der Waals surface area contributed by atoms with E-state index >= 15 is 0 Å². The normalized spacial score (nSPS) is 10.5. The van der Waals surface area contributed by atoms with E-state index in [-0.39, 0.29) is 37.1 Å². The number of nitrogens with zero attached hydrogens (tertiary/aromatic N) is 1. The summed E-state index contributed by atoms with van der Waals surface area (Å²) in [4.78, 5) is 15.8. The van der Waals surface area contributed by atoms with Crippen LogP contribution >= 0.6 is 36.2 Å². The van der Waals surface area contributed by atoms with Gasteiger partial charge in [0.2, 0.25) is 5.91 Å². The third-order valence-corrected chi connectivity index (χ3v) is 3.75. The van der Waals surface area contributed by atoms with E-state index in [2.05, 4.69) is 10.3 Å². The van der Waals surface area contributed by atoms with E-state index < -0.39 is 24.9 Å². The van der Waals surface area contributed by atoms with Crippen LogP contribution in [0.3, 0.4) is 0 Å². The van der Waals surface area contributed by atoms with Crippen molar-refractivity contribution in [2.75, 3.05) is 13.1 Å². The molecule has 1 aromatic carbocycles. The van der Waals surface area contributed by atoms with Gasteiger partial charge in [-0.15, -0.1) is 36.2 Å². The van der Waals surface area contributed by atoms with E-state index in [1.807, 2.05) is 0 Å². The van der Waals surface area contributed by atoms with Crippen molar-refractivity contribution < 1.29 is 18.0 Å². The number of aromatic nitrogens is 1. The van der Waals surface area contributed by atoms with Gasteiger partial charge in [0, 0.05) is 10.9 Å². The highest BCUT2D eigenvalue weighted by molar-refractivity contribution is 7.13. The Hall–Kier alpha value is -1.35. The van der Waals surface area contributed by atoms with Crippen LogP contribution in [0.2, 0.25) is 0 Å². The van der Waals surface area contributed by atoms with Crippen LogP contribution in [0, 0.1) is 5.82 Å². The van der Waals surface area contributed by atoms with E-state index in [1.165, 1.54) is 23.5 Å². The summed E-state index contributed by atoms with van der Waals surface area (Å²) in [6, 6.07) is 5.93. The zero-order valence-electron chi connectivity index (χ0n) is 12.3. The van der Waals surface area contributed by atoms with Crippen LogP contribution in [-0.4, -0.2) is 29.9 Å². The highest BCUT2D eigenvalue weighted by atomic mass is 35.5. The average molecular weight is 402 g/mol. The van der Waals surface area contributed by atoms with Gasteiger partial charge >= 0.3 is 0 Å². The summed E-state index contributed by atoms with van der Waals surface area (Å²) in [5.41, 5.74) is 5.93. The number of rotatable bonds is 6. The van der Waals surface area contributed by atoms with Crippen molar-refractivity contribution in [3.8, 4) is 10.6 Å². The molecule has 0 saturated heterocycles. The highest BCUT2D eigenvalue weighted by Crippen LogP contribution is 2.24. The lowest BCUT2D eigenvalue weighted by Crippen LogP contribution is -2.42. The van der Waals surface area contributed by atoms with Gasteiger partial charge in [-0.05, 0) is 12.1 Å². The second-order valence-electron chi connectivity index (χ2n) is 4.67. The fraction of sp³-hybridized carbons (Fsp3) is 0.286. The summed E-state index contributed by atoms with van der Waals surface area (Å²) in [6.07, 6.45) is -0.119. The first-order chi connectivity index (χ1) is 10.4. The standard InChI is InChI=1S/C14H14F3N3OS.2ClH/c15-10-3-1-2-9(4-10)13-20-11(6-22-13)5-12(21)19-8-14(16,17)7-18;;/h1-4,6H,5,7-8,18H2,(H,19,21);2*1H. The van der Waals surface area contributed by atoms with Gasteiger partial charge in [-0.1, -0.05) is 12.1 Å². The first-order valence-electron chi connectivity index (χ1n) is 6.44. The number of nitrogens with one attached hydrogen (secondary N) is 1. The summed E-state index contributed by atoms with van der Waals surface area (Å²) in [7, 11) is 0. The number of carbonyl (C=O) groups excluding carboxylic acids is 1. The van der Waals surface area contributed by atoms with Crippen LogP contribution in [0.1, 0.15) is 5.69 Å². The van der Waals surface area contributed by atoms with Crippen LogP contribution in [0.4, 0.5) is 13.2 Å². The number of nitrogens with two attached hydrogens (primary N) is 1. The number of hydrogen-bond acceptors (Lipinski definition) is 4. The molecule has 0 aliphatic rings. The minimum absolute atomic E-state index is 0. The number of amides is 1. The summed E-state index contributed by atoms with van der Waals surface area (Å²) in [6.45, 7) is -1.63. The fourth-order valence-electron chi connectivity index (χ4n) is 1.67. The molecule has 3 N–H and O–H groups in total. The van der Waals surface area contributed by atoms with E-state index in [0.29, 0.717) is 16.3 Å². The van der Waals surface area contributed by atoms with Crippen molar-refractivity contribution in [1.82, 2.24) is 10.3 Å². The Morgan fingerprint density at radius 1 is 1.33 bits per heavy atom. The maximum atomic E-state index is 13.1. The molecule has 0 aliphatic carbocycles. The number of benzene rings is 1. The van der Waals surface area contributed by atoms with Crippen LogP contribution in [0.5, 0.6) is 0 Å². The molecule has 0 aliphatic heterocycles. The fourth-order valence-corrected chi connectivity index (χ4v) is 2.49. The van der Waals surface area contributed by atoms with Gasteiger partial charge in [0.05, 0.1) is 25.2 Å². The molecule has 24 heavy (non-hydrogen) atoms. The first kappa shape index (κ1) is 22.6. The van der Waals surface area contributed by atoms with Crippen LogP contribution in [-0.2, 0) is 11.2 Å². The van der Waals surface area contributed by atoms with Gasteiger partial charge in [-0.3, -0.25) is 4.79 Å². The molecule has 1 heterocycles. The lowest BCUT2D eigenvalue weighted by atomic mass is 10.2. The maximum Gasteiger partial charge on any atom is 0.277 e. The van der Waals surface area contributed by atoms with E-state index in [9.17, 15) is 18.0 Å². The Bertz CT molecular complexity index is 670.